The van der Waals surface area contributed by atoms with Crippen LogP contribution >= 0.6 is 0 Å². The van der Waals surface area contributed by atoms with E-state index in [9.17, 15) is 31.5 Å². The van der Waals surface area contributed by atoms with Crippen molar-refractivity contribution in [2.45, 2.75) is 57.3 Å². The van der Waals surface area contributed by atoms with Gasteiger partial charge >= 0.3 is 6.18 Å². The highest BCUT2D eigenvalue weighted by Gasteiger charge is 2.37. The summed E-state index contributed by atoms with van der Waals surface area (Å²) in [6, 6.07) is 8.60. The third kappa shape index (κ3) is 7.33. The van der Waals surface area contributed by atoms with Crippen molar-refractivity contribution in [3.8, 4) is 11.5 Å². The molecule has 1 fully saturated rings. The van der Waals surface area contributed by atoms with Gasteiger partial charge in [-0.25, -0.2) is 8.78 Å². The number of nitrogens with zero attached hydrogens (tertiary/aromatic N) is 2. The van der Waals surface area contributed by atoms with Gasteiger partial charge in [-0.3, -0.25) is 9.59 Å². The van der Waals surface area contributed by atoms with Crippen molar-refractivity contribution in [1.29, 1.82) is 0 Å². The van der Waals surface area contributed by atoms with E-state index in [-0.39, 0.29) is 72.4 Å². The lowest BCUT2D eigenvalue weighted by molar-refractivity contribution is -0.0905. The van der Waals surface area contributed by atoms with E-state index >= 15 is 0 Å². The van der Waals surface area contributed by atoms with Crippen LogP contribution in [0.5, 0.6) is 11.5 Å². The van der Waals surface area contributed by atoms with E-state index in [1.54, 1.807) is 19.2 Å². The zero-order valence-corrected chi connectivity index (χ0v) is 23.8. The van der Waals surface area contributed by atoms with Crippen molar-refractivity contribution in [2.75, 3.05) is 19.5 Å². The van der Waals surface area contributed by atoms with Gasteiger partial charge in [0.25, 0.3) is 11.8 Å². The number of amides is 2. The topological polar surface area (TPSA) is 92.3 Å². The molecule has 0 saturated heterocycles. The molecule has 1 saturated carbocycles. The molecule has 2 aromatic rings. The summed E-state index contributed by atoms with van der Waals surface area (Å²) in [6.07, 6.45) is -4.59. The number of aliphatic imine (C=N–C) groups is 1. The monoisotopic (exact) mass is 606 g/mol. The van der Waals surface area contributed by atoms with Crippen LogP contribution in [-0.4, -0.2) is 54.8 Å². The molecule has 4 rings (SSSR count). The van der Waals surface area contributed by atoms with E-state index in [1.807, 2.05) is 0 Å². The smallest absolute Gasteiger partial charge is 0.421 e. The molecule has 8 nitrogen and oxygen atoms in total. The van der Waals surface area contributed by atoms with E-state index in [4.69, 9.17) is 9.47 Å². The molecule has 1 aliphatic carbocycles. The largest absolute Gasteiger partial charge is 0.495 e. The normalized spacial score (nSPS) is 17.6. The van der Waals surface area contributed by atoms with E-state index in [1.165, 1.54) is 43.2 Å². The molecule has 0 aromatic heterocycles. The SMILES string of the molecule is C=C/C(=C(\N=C(/C)Nc1ccc(C(=O)NC2CCC(F)(F)CC2)cc1OC)Oc1cccc2c1C(=O)N(C)C2)C(F)(F)F. The van der Waals surface area contributed by atoms with E-state index in [2.05, 4.69) is 22.2 Å². The molecule has 2 N–H and O–H groups in total. The van der Waals surface area contributed by atoms with Gasteiger partial charge in [-0.1, -0.05) is 24.8 Å². The van der Waals surface area contributed by atoms with Crippen LogP contribution in [0.25, 0.3) is 0 Å². The summed E-state index contributed by atoms with van der Waals surface area (Å²) in [5.74, 6) is -4.37. The molecule has 2 amide bonds. The van der Waals surface area contributed by atoms with Gasteiger partial charge in [0.15, 0.2) is 0 Å². The fraction of sp³-hybridized carbons (Fsp3) is 0.367. The third-order valence-corrected chi connectivity index (χ3v) is 7.13. The van der Waals surface area contributed by atoms with Gasteiger partial charge in [0, 0.05) is 38.0 Å². The standard InChI is InChI=1S/C30H31F5N4O4/c1-5-21(30(33,34)35)27(43-23-8-6-7-19-16-39(3)28(41)25(19)23)37-17(2)36-22-10-9-18(15-24(22)42-4)26(40)38-20-11-13-29(31,32)14-12-20/h5-10,15,20H,1,11-14,16H2,2-4H3,(H,36,37)(H,38,40)/b27-21-. The summed E-state index contributed by atoms with van der Waals surface area (Å²) >= 11 is 0. The Morgan fingerprint density at radius 2 is 1.86 bits per heavy atom. The number of fused-ring (bicyclic) bond motifs is 1. The number of benzene rings is 2. The van der Waals surface area contributed by atoms with Gasteiger partial charge in [0.2, 0.25) is 11.8 Å². The molecular weight excluding hydrogens is 575 g/mol. The lowest BCUT2D eigenvalue weighted by atomic mass is 9.92. The average molecular weight is 607 g/mol. The second-order valence-electron chi connectivity index (χ2n) is 10.3. The summed E-state index contributed by atoms with van der Waals surface area (Å²) in [5.41, 5.74) is -0.0279. The number of alkyl halides is 5. The Hall–Kier alpha value is -4.42. The molecular formula is C30H31F5N4O4. The maximum atomic E-state index is 13.9. The quantitative estimate of drug-likeness (QED) is 0.118. The van der Waals surface area contributed by atoms with Gasteiger partial charge < -0.3 is 25.0 Å². The fourth-order valence-corrected chi connectivity index (χ4v) is 4.88. The molecule has 2 aromatic carbocycles. The van der Waals surface area contributed by atoms with Crippen LogP contribution in [0.3, 0.4) is 0 Å². The van der Waals surface area contributed by atoms with Crippen LogP contribution in [0.15, 0.2) is 65.5 Å². The first-order chi connectivity index (χ1) is 20.2. The first kappa shape index (κ1) is 31.5. The van der Waals surface area contributed by atoms with Crippen LogP contribution in [-0.2, 0) is 6.54 Å². The van der Waals surface area contributed by atoms with Crippen LogP contribution < -0.4 is 20.1 Å². The van der Waals surface area contributed by atoms with Crippen molar-refractivity contribution in [1.82, 2.24) is 10.2 Å². The summed E-state index contributed by atoms with van der Waals surface area (Å²) in [6.45, 7) is 4.95. The lowest BCUT2D eigenvalue weighted by Crippen LogP contribution is -2.40. The number of nitrogens with one attached hydrogen (secondary N) is 2. The average Bonchev–Trinajstić information content (AvgIpc) is 3.23. The maximum Gasteiger partial charge on any atom is 0.421 e. The van der Waals surface area contributed by atoms with Gasteiger partial charge in [-0.2, -0.15) is 18.2 Å². The second kappa shape index (κ2) is 12.4. The molecule has 0 unspecified atom stereocenters. The lowest BCUT2D eigenvalue weighted by Gasteiger charge is -2.28. The second-order valence-corrected chi connectivity index (χ2v) is 10.3. The number of allylic oxidation sites excluding steroid dienone is 2. The number of carbonyl (C=O) groups excluding carboxylic acids is 2. The number of halogens is 5. The Kier molecular flexibility index (Phi) is 9.12. The predicted octanol–water partition coefficient (Wildman–Crippen LogP) is 6.46. The maximum absolute atomic E-state index is 13.9. The van der Waals surface area contributed by atoms with E-state index < -0.39 is 35.4 Å². The Morgan fingerprint density at radius 1 is 1.16 bits per heavy atom. The fourth-order valence-electron chi connectivity index (χ4n) is 4.88. The van der Waals surface area contributed by atoms with Crippen molar-refractivity contribution >= 4 is 23.3 Å². The Labute approximate surface area is 245 Å². The first-order valence-corrected chi connectivity index (χ1v) is 13.4. The van der Waals surface area contributed by atoms with Crippen LogP contribution in [0.4, 0.5) is 27.6 Å². The minimum Gasteiger partial charge on any atom is -0.495 e. The number of rotatable bonds is 8. The van der Waals surface area contributed by atoms with Crippen LogP contribution in [0, 0.1) is 0 Å². The van der Waals surface area contributed by atoms with Crippen molar-refractivity contribution in [2.24, 2.45) is 4.99 Å². The first-order valence-electron chi connectivity index (χ1n) is 13.4. The van der Waals surface area contributed by atoms with Gasteiger partial charge in [-0.15, -0.1) is 0 Å². The third-order valence-electron chi connectivity index (χ3n) is 7.13. The summed E-state index contributed by atoms with van der Waals surface area (Å²) in [5, 5.41) is 5.60. The molecule has 0 radical (unpaired) electrons. The number of anilines is 1. The minimum atomic E-state index is -4.87. The molecule has 0 atom stereocenters. The molecule has 2 aliphatic rings. The summed E-state index contributed by atoms with van der Waals surface area (Å²) in [4.78, 5) is 30.9. The Morgan fingerprint density at radius 3 is 2.49 bits per heavy atom. The molecule has 0 bridgehead atoms. The number of methoxy groups -OCH3 is 1. The van der Waals surface area contributed by atoms with E-state index in [0.29, 0.717) is 11.6 Å². The Balaban J connectivity index is 1.58. The number of ether oxygens (including phenoxy) is 2. The summed E-state index contributed by atoms with van der Waals surface area (Å²) in [7, 11) is 2.91. The zero-order chi connectivity index (χ0) is 31.5. The number of amidine groups is 1. The summed E-state index contributed by atoms with van der Waals surface area (Å²) < 4.78 is 79.7. The molecule has 230 valence electrons. The minimum absolute atomic E-state index is 0.0340. The van der Waals surface area contributed by atoms with Crippen molar-refractivity contribution in [3.05, 3.63) is 77.2 Å². The van der Waals surface area contributed by atoms with E-state index in [0.717, 1.165) is 0 Å². The molecule has 1 heterocycles. The van der Waals surface area contributed by atoms with Gasteiger partial charge in [0.1, 0.15) is 22.9 Å². The molecule has 13 heteroatoms. The van der Waals surface area contributed by atoms with Crippen molar-refractivity contribution < 1.29 is 41.0 Å². The number of hydrogen-bond acceptors (Lipinski definition) is 5. The predicted molar refractivity (Wildman–Crippen MR) is 151 cm³/mol. The highest BCUT2D eigenvalue weighted by molar-refractivity contribution is 6.01. The highest BCUT2D eigenvalue weighted by atomic mass is 19.4. The molecule has 0 spiro atoms. The van der Waals surface area contributed by atoms with Crippen LogP contribution in [0.2, 0.25) is 0 Å². The van der Waals surface area contributed by atoms with Crippen LogP contribution in [0.1, 0.15) is 58.9 Å². The Bertz CT molecular complexity index is 1480. The van der Waals surface area contributed by atoms with Crippen molar-refractivity contribution in [3.63, 3.8) is 0 Å². The highest BCUT2D eigenvalue weighted by Crippen LogP contribution is 2.36. The van der Waals surface area contributed by atoms with Gasteiger partial charge in [-0.05, 0) is 49.6 Å². The molecule has 1 aliphatic heterocycles. The zero-order valence-electron chi connectivity index (χ0n) is 23.8. The molecule has 43 heavy (non-hydrogen) atoms. The number of carbonyl (C=O) groups is 2. The number of hydrogen-bond donors (Lipinski definition) is 2. The van der Waals surface area contributed by atoms with Gasteiger partial charge in [0.05, 0.1) is 18.4 Å².